The molecule has 0 nitrogen and oxygen atoms in total. The van der Waals surface area contributed by atoms with Crippen LogP contribution in [0.25, 0.3) is 0 Å². The predicted octanol–water partition coefficient (Wildman–Crippen LogP) is 4.09. The van der Waals surface area contributed by atoms with Crippen molar-refractivity contribution < 1.29 is 0 Å². The minimum Gasteiger partial charge on any atom is -0.179 e. The van der Waals surface area contributed by atoms with E-state index in [9.17, 15) is 0 Å². The van der Waals surface area contributed by atoms with E-state index in [1.807, 2.05) is 0 Å². The molecule has 1 heteroatoms. The fourth-order valence-corrected chi connectivity index (χ4v) is 2.60. The van der Waals surface area contributed by atoms with E-state index < -0.39 is 0 Å². The van der Waals surface area contributed by atoms with Crippen molar-refractivity contribution in [2.45, 2.75) is 25.7 Å². The lowest BCUT2D eigenvalue weighted by Gasteiger charge is -2.20. The van der Waals surface area contributed by atoms with Crippen molar-refractivity contribution in [3.8, 4) is 0 Å². The maximum absolute atomic E-state index is 4.49. The fourth-order valence-electron chi connectivity index (χ4n) is 2.23. The van der Waals surface area contributed by atoms with Gasteiger partial charge in [0.05, 0.1) is 0 Å². The topological polar surface area (TPSA) is 0 Å². The Labute approximate surface area is 97.9 Å². The summed E-state index contributed by atoms with van der Waals surface area (Å²) >= 11 is 4.49. The summed E-state index contributed by atoms with van der Waals surface area (Å²) in [5.41, 5.74) is 3.14. The van der Waals surface area contributed by atoms with Crippen molar-refractivity contribution in [3.05, 3.63) is 47.6 Å². The second-order valence-corrected chi connectivity index (χ2v) is 4.61. The van der Waals surface area contributed by atoms with E-state index in [1.54, 1.807) is 11.1 Å². The Hall–Kier alpha value is -0.690. The summed E-state index contributed by atoms with van der Waals surface area (Å²) in [5, 5.41) is 0. The Bertz CT molecular complexity index is 331. The number of thiol groups is 1. The summed E-state index contributed by atoms with van der Waals surface area (Å²) in [6.07, 6.45) is 18.1. The normalized spacial score (nSPS) is 21.4. The highest BCUT2D eigenvalue weighted by Gasteiger charge is 2.15. The first-order valence-corrected chi connectivity index (χ1v) is 6.34. The minimum atomic E-state index is 0.643. The van der Waals surface area contributed by atoms with Gasteiger partial charge in [0.2, 0.25) is 0 Å². The molecule has 80 valence electrons. The van der Waals surface area contributed by atoms with E-state index in [0.29, 0.717) is 5.92 Å². The molecule has 0 saturated carbocycles. The fraction of sp³-hybridized carbons (Fsp3) is 0.429. The van der Waals surface area contributed by atoms with Gasteiger partial charge in [-0.15, -0.1) is 0 Å². The van der Waals surface area contributed by atoms with Gasteiger partial charge in [0.1, 0.15) is 0 Å². The Morgan fingerprint density at radius 3 is 2.67 bits per heavy atom. The SMILES string of the molecule is SCC(CC1=CC=CC1)C1=CC=CCC1. The van der Waals surface area contributed by atoms with Crippen LogP contribution in [0.3, 0.4) is 0 Å². The molecule has 1 unspecified atom stereocenters. The zero-order chi connectivity index (χ0) is 10.5. The van der Waals surface area contributed by atoms with E-state index in [-0.39, 0.29) is 0 Å². The maximum atomic E-state index is 4.49. The molecule has 0 saturated heterocycles. The molecular formula is C14H18S. The van der Waals surface area contributed by atoms with Gasteiger partial charge < -0.3 is 0 Å². The van der Waals surface area contributed by atoms with Crippen LogP contribution in [-0.2, 0) is 0 Å². The molecule has 0 amide bonds. The summed E-state index contributed by atoms with van der Waals surface area (Å²) in [7, 11) is 0. The van der Waals surface area contributed by atoms with Gasteiger partial charge >= 0.3 is 0 Å². The zero-order valence-electron chi connectivity index (χ0n) is 9.02. The zero-order valence-corrected chi connectivity index (χ0v) is 9.92. The van der Waals surface area contributed by atoms with Gasteiger partial charge in [-0.2, -0.15) is 12.6 Å². The first-order valence-electron chi connectivity index (χ1n) is 5.71. The second kappa shape index (κ2) is 5.41. The molecule has 0 aromatic rings. The Morgan fingerprint density at radius 2 is 2.07 bits per heavy atom. The number of rotatable bonds is 4. The van der Waals surface area contributed by atoms with Gasteiger partial charge in [-0.3, -0.25) is 0 Å². The van der Waals surface area contributed by atoms with Crippen molar-refractivity contribution >= 4 is 12.6 Å². The van der Waals surface area contributed by atoms with Crippen molar-refractivity contribution in [1.29, 1.82) is 0 Å². The van der Waals surface area contributed by atoms with E-state index in [0.717, 1.165) is 12.2 Å². The van der Waals surface area contributed by atoms with Crippen LogP contribution in [0.1, 0.15) is 25.7 Å². The molecule has 15 heavy (non-hydrogen) atoms. The molecule has 0 fully saturated rings. The molecule has 0 heterocycles. The smallest absolute Gasteiger partial charge is 0.00289 e. The molecular weight excluding hydrogens is 200 g/mol. The molecule has 2 rings (SSSR count). The number of hydrogen-bond donors (Lipinski definition) is 1. The van der Waals surface area contributed by atoms with Gasteiger partial charge in [-0.05, 0) is 37.4 Å². The number of allylic oxidation sites excluding steroid dienone is 8. The van der Waals surface area contributed by atoms with Gasteiger partial charge in [0.15, 0.2) is 0 Å². The van der Waals surface area contributed by atoms with Crippen LogP contribution >= 0.6 is 12.6 Å². The van der Waals surface area contributed by atoms with Crippen LogP contribution < -0.4 is 0 Å². The van der Waals surface area contributed by atoms with E-state index in [4.69, 9.17) is 0 Å². The monoisotopic (exact) mass is 218 g/mol. The average molecular weight is 218 g/mol. The summed E-state index contributed by atoms with van der Waals surface area (Å²) < 4.78 is 0. The van der Waals surface area contributed by atoms with Crippen molar-refractivity contribution in [3.63, 3.8) is 0 Å². The third-order valence-electron chi connectivity index (χ3n) is 3.15. The predicted molar refractivity (Wildman–Crippen MR) is 70.3 cm³/mol. The molecule has 0 aliphatic heterocycles. The van der Waals surface area contributed by atoms with Crippen LogP contribution in [-0.4, -0.2) is 5.75 Å². The maximum Gasteiger partial charge on any atom is -0.00289 e. The Kier molecular flexibility index (Phi) is 3.90. The summed E-state index contributed by atoms with van der Waals surface area (Å²) in [4.78, 5) is 0. The lowest BCUT2D eigenvalue weighted by atomic mass is 9.88. The molecule has 0 aromatic heterocycles. The van der Waals surface area contributed by atoms with Crippen LogP contribution in [0.4, 0.5) is 0 Å². The highest BCUT2D eigenvalue weighted by molar-refractivity contribution is 7.80. The van der Waals surface area contributed by atoms with Crippen LogP contribution in [0, 0.1) is 5.92 Å². The van der Waals surface area contributed by atoms with Crippen LogP contribution in [0.5, 0.6) is 0 Å². The largest absolute Gasteiger partial charge is 0.179 e. The van der Waals surface area contributed by atoms with Crippen molar-refractivity contribution in [2.75, 3.05) is 5.75 Å². The van der Waals surface area contributed by atoms with Gasteiger partial charge in [0.25, 0.3) is 0 Å². The number of hydrogen-bond acceptors (Lipinski definition) is 1. The molecule has 0 aromatic carbocycles. The standard InChI is InChI=1S/C14H18S/c15-11-14(10-12-6-4-5-7-12)13-8-2-1-3-9-13/h1-2,4-6,8,14-15H,3,7,9-11H2. The van der Waals surface area contributed by atoms with E-state index in [1.165, 1.54) is 19.3 Å². The average Bonchev–Trinajstić information content (AvgIpc) is 2.80. The molecule has 0 radical (unpaired) electrons. The minimum absolute atomic E-state index is 0.643. The molecule has 0 N–H and O–H groups in total. The lowest BCUT2D eigenvalue weighted by molar-refractivity contribution is 0.642. The molecule has 1 atom stereocenters. The third kappa shape index (κ3) is 2.88. The summed E-state index contributed by atoms with van der Waals surface area (Å²) in [6, 6.07) is 0. The first kappa shape index (κ1) is 10.8. The summed E-state index contributed by atoms with van der Waals surface area (Å²) in [6.45, 7) is 0. The van der Waals surface area contributed by atoms with Crippen molar-refractivity contribution in [1.82, 2.24) is 0 Å². The van der Waals surface area contributed by atoms with Gasteiger partial charge in [-0.1, -0.05) is 47.6 Å². The quantitative estimate of drug-likeness (QED) is 0.675. The molecule has 2 aliphatic carbocycles. The van der Waals surface area contributed by atoms with Crippen LogP contribution in [0.15, 0.2) is 47.6 Å². The lowest BCUT2D eigenvalue weighted by Crippen LogP contribution is -2.08. The highest BCUT2D eigenvalue weighted by Crippen LogP contribution is 2.29. The van der Waals surface area contributed by atoms with E-state index >= 15 is 0 Å². The molecule has 2 aliphatic rings. The van der Waals surface area contributed by atoms with E-state index in [2.05, 4.69) is 49.1 Å². The van der Waals surface area contributed by atoms with Crippen molar-refractivity contribution in [2.24, 2.45) is 5.92 Å². The van der Waals surface area contributed by atoms with Gasteiger partial charge in [-0.25, -0.2) is 0 Å². The highest BCUT2D eigenvalue weighted by atomic mass is 32.1. The third-order valence-corrected chi connectivity index (χ3v) is 3.59. The molecule has 0 spiro atoms. The first-order chi connectivity index (χ1) is 7.40. The van der Waals surface area contributed by atoms with Crippen LogP contribution in [0.2, 0.25) is 0 Å². The molecule has 0 bridgehead atoms. The summed E-state index contributed by atoms with van der Waals surface area (Å²) in [5.74, 6) is 1.61. The Balaban J connectivity index is 1.97. The Morgan fingerprint density at radius 1 is 1.20 bits per heavy atom. The van der Waals surface area contributed by atoms with Gasteiger partial charge in [0, 0.05) is 0 Å². The second-order valence-electron chi connectivity index (χ2n) is 4.25.